The van der Waals surface area contributed by atoms with Gasteiger partial charge in [-0.25, -0.2) is 9.36 Å². The predicted molar refractivity (Wildman–Crippen MR) is 115 cm³/mol. The summed E-state index contributed by atoms with van der Waals surface area (Å²) in [6.07, 6.45) is 3.04. The van der Waals surface area contributed by atoms with Gasteiger partial charge in [-0.1, -0.05) is 12.1 Å². The van der Waals surface area contributed by atoms with Gasteiger partial charge in [0, 0.05) is 12.6 Å². The molecule has 7 heteroatoms. The smallest absolute Gasteiger partial charge is 0.336 e. The largest absolute Gasteiger partial charge is 0.497 e. The minimum Gasteiger partial charge on any atom is -0.497 e. The molecule has 156 valence electrons. The summed E-state index contributed by atoms with van der Waals surface area (Å²) >= 11 is 0. The third-order valence-corrected chi connectivity index (χ3v) is 5.80. The molecule has 1 amide bonds. The number of benzene rings is 2. The average molecular weight is 407 g/mol. The zero-order valence-electron chi connectivity index (χ0n) is 17.2. The fourth-order valence-electron chi connectivity index (χ4n) is 4.13. The van der Waals surface area contributed by atoms with Crippen LogP contribution in [0.2, 0.25) is 0 Å². The fourth-order valence-corrected chi connectivity index (χ4v) is 4.13. The minimum absolute atomic E-state index is 0.0971. The highest BCUT2D eigenvalue weighted by Crippen LogP contribution is 2.18. The van der Waals surface area contributed by atoms with Crippen molar-refractivity contribution >= 4 is 16.8 Å². The minimum atomic E-state index is -0.526. The summed E-state index contributed by atoms with van der Waals surface area (Å²) < 4.78 is 7.70. The topological polar surface area (TPSA) is 73.5 Å². The van der Waals surface area contributed by atoms with E-state index < -0.39 is 11.2 Å². The maximum Gasteiger partial charge on any atom is 0.336 e. The Morgan fingerprint density at radius 3 is 2.50 bits per heavy atom. The summed E-state index contributed by atoms with van der Waals surface area (Å²) in [4.78, 5) is 41.4. The maximum absolute atomic E-state index is 13.4. The van der Waals surface area contributed by atoms with Crippen molar-refractivity contribution < 1.29 is 9.53 Å². The van der Waals surface area contributed by atoms with Gasteiger partial charge < -0.3 is 9.64 Å². The molecule has 1 aromatic heterocycles. The Morgan fingerprint density at radius 2 is 1.80 bits per heavy atom. The highest BCUT2D eigenvalue weighted by Gasteiger charge is 2.25. The van der Waals surface area contributed by atoms with E-state index in [1.54, 1.807) is 55.6 Å². The van der Waals surface area contributed by atoms with Crippen molar-refractivity contribution in [3.05, 3.63) is 69.4 Å². The third kappa shape index (κ3) is 3.51. The van der Waals surface area contributed by atoms with Gasteiger partial charge in [-0.2, -0.15) is 0 Å². The van der Waals surface area contributed by atoms with Crippen molar-refractivity contribution in [3.8, 4) is 11.4 Å². The maximum atomic E-state index is 13.4. The molecule has 7 nitrogen and oxygen atoms in total. The molecule has 30 heavy (non-hydrogen) atoms. The van der Waals surface area contributed by atoms with Crippen LogP contribution in [0, 0.1) is 0 Å². The molecule has 3 aromatic rings. The van der Waals surface area contributed by atoms with Gasteiger partial charge in [0.2, 0.25) is 5.91 Å². The number of hydrogen-bond donors (Lipinski definition) is 0. The lowest BCUT2D eigenvalue weighted by Crippen LogP contribution is -2.46. The number of piperidine rings is 1. The van der Waals surface area contributed by atoms with Crippen molar-refractivity contribution in [2.45, 2.75) is 38.8 Å². The average Bonchev–Trinajstić information content (AvgIpc) is 2.77. The lowest BCUT2D eigenvalue weighted by molar-refractivity contribution is -0.135. The van der Waals surface area contributed by atoms with Gasteiger partial charge in [0.25, 0.3) is 5.56 Å². The number of carbonyl (C=O) groups is 1. The van der Waals surface area contributed by atoms with Crippen LogP contribution in [0.4, 0.5) is 0 Å². The van der Waals surface area contributed by atoms with Gasteiger partial charge in [-0.05, 0) is 62.6 Å². The first-order valence-electron chi connectivity index (χ1n) is 10.2. The number of aromatic nitrogens is 2. The van der Waals surface area contributed by atoms with Gasteiger partial charge in [0.05, 0.1) is 23.7 Å². The quantitative estimate of drug-likeness (QED) is 0.666. The normalized spacial score (nSPS) is 16.6. The lowest BCUT2D eigenvalue weighted by atomic mass is 10.0. The highest BCUT2D eigenvalue weighted by molar-refractivity contribution is 5.82. The van der Waals surface area contributed by atoms with E-state index in [0.29, 0.717) is 28.9 Å². The molecule has 2 aromatic carbocycles. The van der Waals surface area contributed by atoms with Crippen LogP contribution in [0.3, 0.4) is 0 Å². The van der Waals surface area contributed by atoms with E-state index in [9.17, 15) is 14.4 Å². The number of methoxy groups -OCH3 is 1. The Morgan fingerprint density at radius 1 is 1.07 bits per heavy atom. The Hall–Kier alpha value is -3.35. The van der Waals surface area contributed by atoms with Crippen molar-refractivity contribution in [3.63, 3.8) is 0 Å². The fraction of sp³-hybridized carbons (Fsp3) is 0.348. The van der Waals surface area contributed by atoms with Gasteiger partial charge in [0.15, 0.2) is 0 Å². The van der Waals surface area contributed by atoms with E-state index in [4.69, 9.17) is 4.74 Å². The van der Waals surface area contributed by atoms with Gasteiger partial charge >= 0.3 is 5.69 Å². The lowest BCUT2D eigenvalue weighted by Gasteiger charge is -2.33. The SMILES string of the molecule is COc1ccc(-n2c(=O)c3ccccc3n(CC(=O)N3CCCC[C@@H]3C)c2=O)cc1. The van der Waals surface area contributed by atoms with Crippen LogP contribution in [-0.4, -0.2) is 39.6 Å². The van der Waals surface area contributed by atoms with Crippen molar-refractivity contribution in [2.24, 2.45) is 0 Å². The number of carbonyl (C=O) groups excluding carboxylic acids is 1. The van der Waals surface area contributed by atoms with E-state index in [1.165, 1.54) is 4.57 Å². The van der Waals surface area contributed by atoms with E-state index in [1.807, 2.05) is 11.8 Å². The summed E-state index contributed by atoms with van der Waals surface area (Å²) in [7, 11) is 1.55. The highest BCUT2D eigenvalue weighted by atomic mass is 16.5. The molecule has 0 N–H and O–H groups in total. The number of rotatable bonds is 4. The van der Waals surface area contributed by atoms with Gasteiger partial charge in [0.1, 0.15) is 12.3 Å². The Balaban J connectivity index is 1.85. The predicted octanol–water partition coefficient (Wildman–Crippen LogP) is 2.56. The number of amides is 1. The van der Waals surface area contributed by atoms with Crippen molar-refractivity contribution in [2.75, 3.05) is 13.7 Å². The summed E-state index contributed by atoms with van der Waals surface area (Å²) in [5.74, 6) is 0.525. The zero-order chi connectivity index (χ0) is 21.3. The number of likely N-dealkylation sites (tertiary alicyclic amines) is 1. The molecule has 0 aliphatic carbocycles. The standard InChI is InChI=1S/C23H25N3O4/c1-16-7-5-6-14-24(16)21(27)15-25-20-9-4-3-8-19(20)22(28)26(23(25)29)17-10-12-18(30-2)13-11-17/h3-4,8-13,16H,5-7,14-15H2,1-2H3/t16-/m0/s1. The summed E-state index contributed by atoms with van der Waals surface area (Å²) in [5.41, 5.74) is -0.0305. The molecule has 1 aliphatic rings. The molecule has 0 saturated carbocycles. The van der Waals surface area contributed by atoms with Crippen molar-refractivity contribution in [1.29, 1.82) is 0 Å². The van der Waals surface area contributed by atoms with E-state index in [-0.39, 0.29) is 18.5 Å². The first kappa shape index (κ1) is 19.9. The van der Waals surface area contributed by atoms with Crippen molar-refractivity contribution in [1.82, 2.24) is 14.0 Å². The van der Waals surface area contributed by atoms with E-state index in [0.717, 1.165) is 23.8 Å². The number of ether oxygens (including phenoxy) is 1. The summed E-state index contributed by atoms with van der Waals surface area (Å²) in [5, 5.41) is 0.396. The molecule has 2 heterocycles. The molecule has 0 bridgehead atoms. The van der Waals surface area contributed by atoms with Gasteiger partial charge in [-0.3, -0.25) is 14.2 Å². The molecule has 1 saturated heterocycles. The third-order valence-electron chi connectivity index (χ3n) is 5.80. The van der Waals surface area contributed by atoms with E-state index >= 15 is 0 Å². The first-order valence-corrected chi connectivity index (χ1v) is 10.2. The second-order valence-electron chi connectivity index (χ2n) is 7.66. The monoisotopic (exact) mass is 407 g/mol. The molecule has 1 fully saturated rings. The zero-order valence-corrected chi connectivity index (χ0v) is 17.2. The molecule has 4 rings (SSSR count). The molecule has 1 aliphatic heterocycles. The molecular weight excluding hydrogens is 382 g/mol. The Kier molecular flexibility index (Phi) is 5.44. The summed E-state index contributed by atoms with van der Waals surface area (Å²) in [6, 6.07) is 13.8. The number of para-hydroxylation sites is 1. The Bertz CT molecular complexity index is 1190. The second kappa shape index (κ2) is 8.18. The van der Waals surface area contributed by atoms with Crippen LogP contribution in [-0.2, 0) is 11.3 Å². The molecular formula is C23H25N3O4. The van der Waals surface area contributed by atoms with Crippen LogP contribution in [0.1, 0.15) is 26.2 Å². The van der Waals surface area contributed by atoms with Crippen LogP contribution in [0.25, 0.3) is 16.6 Å². The number of fused-ring (bicyclic) bond motifs is 1. The van der Waals surface area contributed by atoms with Crippen LogP contribution in [0.15, 0.2) is 58.1 Å². The van der Waals surface area contributed by atoms with E-state index in [2.05, 4.69) is 0 Å². The second-order valence-corrected chi connectivity index (χ2v) is 7.66. The van der Waals surface area contributed by atoms with Gasteiger partial charge in [-0.15, -0.1) is 0 Å². The molecule has 0 radical (unpaired) electrons. The molecule has 0 spiro atoms. The van der Waals surface area contributed by atoms with Crippen LogP contribution >= 0.6 is 0 Å². The number of hydrogen-bond acceptors (Lipinski definition) is 4. The van der Waals surface area contributed by atoms with Crippen LogP contribution < -0.4 is 16.0 Å². The molecule has 0 unspecified atom stereocenters. The van der Waals surface area contributed by atoms with Crippen LogP contribution in [0.5, 0.6) is 5.75 Å². The Labute approximate surface area is 174 Å². The first-order chi connectivity index (χ1) is 14.5. The molecule has 1 atom stereocenters. The summed E-state index contributed by atoms with van der Waals surface area (Å²) in [6.45, 7) is 2.64. The number of nitrogens with zero attached hydrogens (tertiary/aromatic N) is 3.